The van der Waals surface area contributed by atoms with Gasteiger partial charge in [0.2, 0.25) is 5.95 Å². The molecule has 0 N–H and O–H groups in total. The van der Waals surface area contributed by atoms with Crippen LogP contribution in [0.5, 0.6) is 0 Å². The maximum atomic E-state index is 13.1. The first-order valence-electron chi connectivity index (χ1n) is 6.83. The van der Waals surface area contributed by atoms with Gasteiger partial charge in [-0.2, -0.15) is 4.39 Å². The Morgan fingerprint density at radius 3 is 3.00 bits per heavy atom. The van der Waals surface area contributed by atoms with Crippen molar-refractivity contribution in [3.63, 3.8) is 0 Å². The monoisotopic (exact) mass is 281 g/mol. The second kappa shape index (κ2) is 7.31. The van der Waals surface area contributed by atoms with Crippen molar-refractivity contribution in [3.05, 3.63) is 29.8 Å². The Balaban J connectivity index is 1.94. The molecule has 0 spiro atoms. The van der Waals surface area contributed by atoms with Gasteiger partial charge in [0.1, 0.15) is 0 Å². The molecule has 2 heterocycles. The van der Waals surface area contributed by atoms with E-state index in [1.54, 1.807) is 18.1 Å². The number of nitrogens with zero attached hydrogens (tertiary/aromatic N) is 3. The predicted molar refractivity (Wildman–Crippen MR) is 73.0 cm³/mol. The van der Waals surface area contributed by atoms with Crippen LogP contribution in [0.15, 0.2) is 18.3 Å². The molecule has 1 aliphatic rings. The Bertz CT molecular complexity index is 456. The third kappa shape index (κ3) is 3.98. The Morgan fingerprint density at radius 1 is 1.40 bits per heavy atom. The molecule has 0 unspecified atom stereocenters. The molecule has 1 aliphatic heterocycles. The quantitative estimate of drug-likeness (QED) is 0.773. The first-order valence-corrected chi connectivity index (χ1v) is 6.83. The molecule has 0 aliphatic carbocycles. The molecular formula is C14H20FN3O2. The maximum absolute atomic E-state index is 13.1. The highest BCUT2D eigenvalue weighted by Crippen LogP contribution is 2.09. The van der Waals surface area contributed by atoms with E-state index in [9.17, 15) is 9.18 Å². The number of pyridine rings is 1. The number of carbonyl (C=O) groups is 1. The molecule has 2 rings (SSSR count). The standard InChI is InChI=1S/C14H20FN3O2/c1-20-10-9-17-5-2-6-18(8-7-17)14(19)12-3-4-16-13(15)11-12/h3-4,11H,2,5-10H2,1H3. The second-order valence-electron chi connectivity index (χ2n) is 4.85. The van der Waals surface area contributed by atoms with E-state index in [-0.39, 0.29) is 5.91 Å². The van der Waals surface area contributed by atoms with Crippen molar-refractivity contribution in [1.82, 2.24) is 14.8 Å². The SMILES string of the molecule is COCCN1CCCN(C(=O)c2ccnc(F)c2)CC1. The molecule has 1 aromatic rings. The van der Waals surface area contributed by atoms with Gasteiger partial charge in [-0.1, -0.05) is 0 Å². The van der Waals surface area contributed by atoms with Crippen molar-refractivity contribution in [1.29, 1.82) is 0 Å². The number of halogens is 1. The maximum Gasteiger partial charge on any atom is 0.254 e. The lowest BCUT2D eigenvalue weighted by Gasteiger charge is -2.21. The van der Waals surface area contributed by atoms with E-state index in [2.05, 4.69) is 9.88 Å². The van der Waals surface area contributed by atoms with Crippen LogP contribution in [0.25, 0.3) is 0 Å². The van der Waals surface area contributed by atoms with Gasteiger partial charge in [0, 0.05) is 51.1 Å². The first-order chi connectivity index (χ1) is 9.70. The van der Waals surface area contributed by atoms with Crippen LogP contribution in [0.1, 0.15) is 16.8 Å². The summed E-state index contributed by atoms with van der Waals surface area (Å²) in [6.07, 6.45) is 2.24. The van der Waals surface area contributed by atoms with Gasteiger partial charge in [0.15, 0.2) is 0 Å². The zero-order valence-electron chi connectivity index (χ0n) is 11.7. The van der Waals surface area contributed by atoms with E-state index in [0.717, 1.165) is 26.1 Å². The molecule has 1 fully saturated rings. The minimum absolute atomic E-state index is 0.125. The van der Waals surface area contributed by atoms with Gasteiger partial charge in [0.05, 0.1) is 6.61 Å². The van der Waals surface area contributed by atoms with Crippen molar-refractivity contribution < 1.29 is 13.9 Å². The van der Waals surface area contributed by atoms with Crippen LogP contribution in [0.3, 0.4) is 0 Å². The largest absolute Gasteiger partial charge is 0.383 e. The summed E-state index contributed by atoms with van der Waals surface area (Å²) < 4.78 is 18.1. The zero-order chi connectivity index (χ0) is 14.4. The van der Waals surface area contributed by atoms with Crippen LogP contribution in [0.4, 0.5) is 4.39 Å². The van der Waals surface area contributed by atoms with Crippen molar-refractivity contribution in [2.24, 2.45) is 0 Å². The second-order valence-corrected chi connectivity index (χ2v) is 4.85. The van der Waals surface area contributed by atoms with Gasteiger partial charge in [-0.05, 0) is 19.0 Å². The normalized spacial score (nSPS) is 17.0. The van der Waals surface area contributed by atoms with Gasteiger partial charge < -0.3 is 9.64 Å². The number of methoxy groups -OCH3 is 1. The van der Waals surface area contributed by atoms with Crippen molar-refractivity contribution in [2.45, 2.75) is 6.42 Å². The van der Waals surface area contributed by atoms with Crippen LogP contribution in [-0.2, 0) is 4.74 Å². The number of carbonyl (C=O) groups excluding carboxylic acids is 1. The lowest BCUT2D eigenvalue weighted by Crippen LogP contribution is -2.36. The Hall–Kier alpha value is -1.53. The van der Waals surface area contributed by atoms with Crippen molar-refractivity contribution in [2.75, 3.05) is 46.4 Å². The average Bonchev–Trinajstić information content (AvgIpc) is 2.70. The molecule has 0 atom stereocenters. The van der Waals surface area contributed by atoms with Gasteiger partial charge in [-0.25, -0.2) is 4.98 Å². The molecule has 1 saturated heterocycles. The molecule has 110 valence electrons. The summed E-state index contributed by atoms with van der Waals surface area (Å²) in [5.74, 6) is -0.743. The number of hydrogen-bond acceptors (Lipinski definition) is 4. The van der Waals surface area contributed by atoms with E-state index in [1.807, 2.05) is 0 Å². The molecule has 5 nitrogen and oxygen atoms in total. The summed E-state index contributed by atoms with van der Waals surface area (Å²) in [6.45, 7) is 4.71. The third-order valence-corrected chi connectivity index (χ3v) is 3.46. The summed E-state index contributed by atoms with van der Waals surface area (Å²) in [6, 6.07) is 2.74. The Morgan fingerprint density at radius 2 is 2.25 bits per heavy atom. The summed E-state index contributed by atoms with van der Waals surface area (Å²) in [7, 11) is 1.69. The number of rotatable bonds is 4. The van der Waals surface area contributed by atoms with Crippen LogP contribution in [0.2, 0.25) is 0 Å². The van der Waals surface area contributed by atoms with E-state index in [4.69, 9.17) is 4.74 Å². The Labute approximate surface area is 118 Å². The highest BCUT2D eigenvalue weighted by Gasteiger charge is 2.20. The van der Waals surface area contributed by atoms with Crippen LogP contribution in [0, 0.1) is 5.95 Å². The molecule has 0 bridgehead atoms. The van der Waals surface area contributed by atoms with Crippen molar-refractivity contribution >= 4 is 5.91 Å². The molecule has 0 radical (unpaired) electrons. The fraction of sp³-hybridized carbons (Fsp3) is 0.571. The van der Waals surface area contributed by atoms with E-state index < -0.39 is 5.95 Å². The molecule has 6 heteroatoms. The fourth-order valence-corrected chi connectivity index (χ4v) is 2.34. The molecular weight excluding hydrogens is 261 g/mol. The lowest BCUT2D eigenvalue weighted by molar-refractivity contribution is 0.0758. The minimum Gasteiger partial charge on any atom is -0.383 e. The van der Waals surface area contributed by atoms with E-state index in [0.29, 0.717) is 25.3 Å². The van der Waals surface area contributed by atoms with Crippen LogP contribution in [-0.4, -0.2) is 67.1 Å². The minimum atomic E-state index is -0.618. The lowest BCUT2D eigenvalue weighted by atomic mass is 10.2. The Kier molecular flexibility index (Phi) is 5.43. The summed E-state index contributed by atoms with van der Waals surface area (Å²) in [4.78, 5) is 19.8. The third-order valence-electron chi connectivity index (χ3n) is 3.46. The van der Waals surface area contributed by atoms with E-state index in [1.165, 1.54) is 12.3 Å². The summed E-state index contributed by atoms with van der Waals surface area (Å²) in [5, 5.41) is 0. The predicted octanol–water partition coefficient (Wildman–Crippen LogP) is 1.01. The molecule has 1 aromatic heterocycles. The molecule has 0 aromatic carbocycles. The summed E-state index contributed by atoms with van der Waals surface area (Å²) >= 11 is 0. The average molecular weight is 281 g/mol. The van der Waals surface area contributed by atoms with E-state index >= 15 is 0 Å². The van der Waals surface area contributed by atoms with Crippen LogP contribution >= 0.6 is 0 Å². The zero-order valence-corrected chi connectivity index (χ0v) is 11.7. The molecule has 1 amide bonds. The number of hydrogen-bond donors (Lipinski definition) is 0. The topological polar surface area (TPSA) is 45.7 Å². The number of aromatic nitrogens is 1. The smallest absolute Gasteiger partial charge is 0.254 e. The van der Waals surface area contributed by atoms with Gasteiger partial charge >= 0.3 is 0 Å². The highest BCUT2D eigenvalue weighted by molar-refractivity contribution is 5.94. The van der Waals surface area contributed by atoms with Gasteiger partial charge in [-0.15, -0.1) is 0 Å². The van der Waals surface area contributed by atoms with Crippen molar-refractivity contribution in [3.8, 4) is 0 Å². The highest BCUT2D eigenvalue weighted by atomic mass is 19.1. The first kappa shape index (κ1) is 14.9. The van der Waals surface area contributed by atoms with Gasteiger partial charge in [-0.3, -0.25) is 9.69 Å². The summed E-state index contributed by atoms with van der Waals surface area (Å²) in [5.41, 5.74) is 0.364. The molecule has 0 saturated carbocycles. The number of amides is 1. The van der Waals surface area contributed by atoms with Gasteiger partial charge in [0.25, 0.3) is 5.91 Å². The molecule has 20 heavy (non-hydrogen) atoms. The van der Waals surface area contributed by atoms with Crippen LogP contribution < -0.4 is 0 Å². The fourth-order valence-electron chi connectivity index (χ4n) is 2.34. The number of ether oxygens (including phenoxy) is 1.